The van der Waals surface area contributed by atoms with Crippen molar-refractivity contribution in [2.75, 3.05) is 7.11 Å². The van der Waals surface area contributed by atoms with Crippen molar-refractivity contribution in [1.29, 1.82) is 0 Å². The van der Waals surface area contributed by atoms with Gasteiger partial charge in [-0.25, -0.2) is 9.50 Å². The molecule has 0 bridgehead atoms. The summed E-state index contributed by atoms with van der Waals surface area (Å²) >= 11 is 1.31. The van der Waals surface area contributed by atoms with Crippen molar-refractivity contribution in [3.05, 3.63) is 17.5 Å². The van der Waals surface area contributed by atoms with Gasteiger partial charge in [0.15, 0.2) is 0 Å². The molecule has 114 valence electrons. The first-order valence-electron chi connectivity index (χ1n) is 6.68. The number of aryl methyl sites for hydroxylation is 2. The summed E-state index contributed by atoms with van der Waals surface area (Å²) in [7, 11) is 1.40. The van der Waals surface area contributed by atoms with Crippen LogP contribution in [0, 0.1) is 19.3 Å². The number of methoxy groups -OCH3 is 1. The van der Waals surface area contributed by atoms with E-state index in [9.17, 15) is 4.79 Å². The standard InChI is InChI=1S/C14H20N4O2S/c1-8-7-9(2)18-12(15-8)16-13(17-18)21-10(11(19)20-6)14(3,4)5/h7,10H,1-6H3/t10-/m0/s1. The molecule has 2 heterocycles. The van der Waals surface area contributed by atoms with E-state index in [4.69, 9.17) is 4.74 Å². The molecule has 0 aliphatic carbocycles. The first-order valence-corrected chi connectivity index (χ1v) is 7.56. The van der Waals surface area contributed by atoms with Gasteiger partial charge in [0, 0.05) is 11.4 Å². The van der Waals surface area contributed by atoms with E-state index < -0.39 is 0 Å². The second-order valence-electron chi connectivity index (χ2n) is 6.03. The third-order valence-corrected chi connectivity index (χ3v) is 4.54. The molecule has 0 unspecified atom stereocenters. The van der Waals surface area contributed by atoms with Gasteiger partial charge in [0.1, 0.15) is 5.25 Å². The Labute approximate surface area is 128 Å². The van der Waals surface area contributed by atoms with Crippen LogP contribution in [0.3, 0.4) is 0 Å². The van der Waals surface area contributed by atoms with Crippen molar-refractivity contribution in [3.8, 4) is 0 Å². The largest absolute Gasteiger partial charge is 0.468 e. The SMILES string of the molecule is COC(=O)[C@H](Sc1nc2nc(C)cc(C)n2n1)C(C)(C)C. The second-order valence-corrected chi connectivity index (χ2v) is 7.10. The molecule has 0 aliphatic rings. The summed E-state index contributed by atoms with van der Waals surface area (Å²) in [6, 6.07) is 1.94. The van der Waals surface area contributed by atoms with Crippen LogP contribution in [0.5, 0.6) is 0 Å². The minimum atomic E-state index is -0.374. The lowest BCUT2D eigenvalue weighted by Crippen LogP contribution is -2.32. The summed E-state index contributed by atoms with van der Waals surface area (Å²) in [4.78, 5) is 20.7. The fourth-order valence-corrected chi connectivity index (χ4v) is 3.01. The van der Waals surface area contributed by atoms with Crippen LogP contribution < -0.4 is 0 Å². The van der Waals surface area contributed by atoms with Crippen molar-refractivity contribution in [2.45, 2.75) is 45.0 Å². The van der Waals surface area contributed by atoms with Gasteiger partial charge in [0.2, 0.25) is 5.16 Å². The lowest BCUT2D eigenvalue weighted by Gasteiger charge is -2.26. The molecule has 0 aliphatic heterocycles. The molecule has 2 rings (SSSR count). The second kappa shape index (κ2) is 5.63. The maximum absolute atomic E-state index is 12.0. The van der Waals surface area contributed by atoms with Gasteiger partial charge >= 0.3 is 5.97 Å². The zero-order valence-electron chi connectivity index (χ0n) is 13.2. The van der Waals surface area contributed by atoms with E-state index in [0.717, 1.165) is 11.4 Å². The van der Waals surface area contributed by atoms with Gasteiger partial charge in [0.05, 0.1) is 7.11 Å². The first kappa shape index (κ1) is 15.8. The quantitative estimate of drug-likeness (QED) is 0.640. The van der Waals surface area contributed by atoms with Gasteiger partial charge in [0.25, 0.3) is 5.78 Å². The van der Waals surface area contributed by atoms with Gasteiger partial charge in [-0.05, 0) is 25.3 Å². The van der Waals surface area contributed by atoms with Crippen molar-refractivity contribution >= 4 is 23.5 Å². The number of thioether (sulfide) groups is 1. The number of nitrogens with zero attached hydrogens (tertiary/aromatic N) is 4. The van der Waals surface area contributed by atoms with Crippen molar-refractivity contribution in [1.82, 2.24) is 19.6 Å². The zero-order valence-corrected chi connectivity index (χ0v) is 14.0. The predicted molar refractivity (Wildman–Crippen MR) is 81.4 cm³/mol. The van der Waals surface area contributed by atoms with Crippen LogP contribution in [0.2, 0.25) is 0 Å². The van der Waals surface area contributed by atoms with Crippen LogP contribution in [0.1, 0.15) is 32.2 Å². The molecule has 0 saturated heterocycles. The molecule has 1 atom stereocenters. The number of carbonyl (C=O) groups is 1. The maximum Gasteiger partial charge on any atom is 0.319 e. The molecule has 7 heteroatoms. The molecule has 6 nitrogen and oxygen atoms in total. The van der Waals surface area contributed by atoms with E-state index in [0.29, 0.717) is 10.9 Å². The van der Waals surface area contributed by atoms with Crippen LogP contribution in [-0.4, -0.2) is 37.9 Å². The van der Waals surface area contributed by atoms with Crippen LogP contribution in [-0.2, 0) is 9.53 Å². The van der Waals surface area contributed by atoms with E-state index in [2.05, 4.69) is 15.1 Å². The number of aromatic nitrogens is 4. The number of fused-ring (bicyclic) bond motifs is 1. The molecule has 0 saturated carbocycles. The summed E-state index contributed by atoms with van der Waals surface area (Å²) in [5, 5.41) is 4.58. The van der Waals surface area contributed by atoms with Crippen LogP contribution >= 0.6 is 11.8 Å². The van der Waals surface area contributed by atoms with E-state index in [1.165, 1.54) is 18.9 Å². The van der Waals surface area contributed by atoms with Gasteiger partial charge in [-0.15, -0.1) is 5.10 Å². The summed E-state index contributed by atoms with van der Waals surface area (Å²) in [6.07, 6.45) is 0. The van der Waals surface area contributed by atoms with Crippen molar-refractivity contribution in [2.24, 2.45) is 5.41 Å². The van der Waals surface area contributed by atoms with E-state index >= 15 is 0 Å². The molecule has 21 heavy (non-hydrogen) atoms. The molecule has 0 N–H and O–H groups in total. The smallest absolute Gasteiger partial charge is 0.319 e. The van der Waals surface area contributed by atoms with Gasteiger partial charge in [-0.1, -0.05) is 32.5 Å². The molecule has 2 aromatic heterocycles. The topological polar surface area (TPSA) is 69.4 Å². The molecule has 2 aromatic rings. The Hall–Kier alpha value is -1.63. The Morgan fingerprint density at radius 2 is 2.00 bits per heavy atom. The third-order valence-electron chi connectivity index (χ3n) is 3.02. The molecular weight excluding hydrogens is 288 g/mol. The molecular formula is C14H20N4O2S. The average molecular weight is 308 g/mol. The molecule has 0 amide bonds. The van der Waals surface area contributed by atoms with E-state index in [-0.39, 0.29) is 16.6 Å². The normalized spacial score (nSPS) is 13.4. The molecule has 0 spiro atoms. The lowest BCUT2D eigenvalue weighted by atomic mass is 9.92. The Kier molecular flexibility index (Phi) is 4.22. The first-order chi connectivity index (χ1) is 9.72. The van der Waals surface area contributed by atoms with Gasteiger partial charge in [-0.2, -0.15) is 4.98 Å². The Balaban J connectivity index is 2.38. The summed E-state index contributed by atoms with van der Waals surface area (Å²) in [5.74, 6) is 0.278. The monoisotopic (exact) mass is 308 g/mol. The van der Waals surface area contributed by atoms with Crippen LogP contribution in [0.25, 0.3) is 5.78 Å². The van der Waals surface area contributed by atoms with E-state index in [1.54, 1.807) is 4.52 Å². The van der Waals surface area contributed by atoms with Crippen LogP contribution in [0.4, 0.5) is 0 Å². The van der Waals surface area contributed by atoms with Crippen molar-refractivity contribution < 1.29 is 9.53 Å². The van der Waals surface area contributed by atoms with Gasteiger partial charge < -0.3 is 4.74 Å². The number of esters is 1. The Morgan fingerprint density at radius 1 is 1.33 bits per heavy atom. The minimum absolute atomic E-state index is 0.256. The maximum atomic E-state index is 12.0. The highest BCUT2D eigenvalue weighted by Gasteiger charge is 2.34. The fourth-order valence-electron chi connectivity index (χ4n) is 1.99. The zero-order chi connectivity index (χ0) is 15.8. The molecule has 0 fully saturated rings. The number of ether oxygens (including phenoxy) is 1. The highest BCUT2D eigenvalue weighted by molar-refractivity contribution is 8.00. The Morgan fingerprint density at radius 3 is 2.57 bits per heavy atom. The number of hydrogen-bond donors (Lipinski definition) is 0. The number of carbonyl (C=O) groups excluding carboxylic acids is 1. The predicted octanol–water partition coefficient (Wildman–Crippen LogP) is 2.42. The highest BCUT2D eigenvalue weighted by atomic mass is 32.2. The fraction of sp³-hybridized carbons (Fsp3) is 0.571. The molecule has 0 aromatic carbocycles. The average Bonchev–Trinajstić information content (AvgIpc) is 2.76. The molecule has 0 radical (unpaired) electrons. The minimum Gasteiger partial charge on any atom is -0.468 e. The summed E-state index contributed by atoms with van der Waals surface area (Å²) in [5.41, 5.74) is 1.60. The summed E-state index contributed by atoms with van der Waals surface area (Å²) in [6.45, 7) is 9.84. The van der Waals surface area contributed by atoms with E-state index in [1.807, 2.05) is 40.7 Å². The lowest BCUT2D eigenvalue weighted by molar-refractivity contribution is -0.141. The Bertz CT molecular complexity index is 675. The number of rotatable bonds is 3. The van der Waals surface area contributed by atoms with Gasteiger partial charge in [-0.3, -0.25) is 4.79 Å². The summed E-state index contributed by atoms with van der Waals surface area (Å²) < 4.78 is 6.58. The van der Waals surface area contributed by atoms with Crippen LogP contribution in [0.15, 0.2) is 11.2 Å². The highest BCUT2D eigenvalue weighted by Crippen LogP contribution is 2.34. The number of hydrogen-bond acceptors (Lipinski definition) is 6. The van der Waals surface area contributed by atoms with Crippen molar-refractivity contribution in [3.63, 3.8) is 0 Å². The third kappa shape index (κ3) is 3.34.